The van der Waals surface area contributed by atoms with Crippen LogP contribution in [0.15, 0.2) is 86.5 Å². The van der Waals surface area contributed by atoms with Crippen LogP contribution >= 0.6 is 31.9 Å². The summed E-state index contributed by atoms with van der Waals surface area (Å²) < 4.78 is 25.6. The second kappa shape index (κ2) is 9.67. The van der Waals surface area contributed by atoms with Crippen LogP contribution in [0.25, 0.3) is 5.70 Å². The van der Waals surface area contributed by atoms with Gasteiger partial charge in [0.1, 0.15) is 18.2 Å². The third kappa shape index (κ3) is 4.18. The number of halogens is 3. The van der Waals surface area contributed by atoms with E-state index < -0.39 is 11.9 Å². The van der Waals surface area contributed by atoms with E-state index in [-0.39, 0.29) is 18.2 Å². The maximum atomic E-state index is 13.6. The van der Waals surface area contributed by atoms with Gasteiger partial charge in [0.25, 0.3) is 0 Å². The van der Waals surface area contributed by atoms with Crippen LogP contribution in [-0.4, -0.2) is 18.9 Å². The maximum Gasteiger partial charge on any atom is 0.336 e. The average Bonchev–Trinajstić information content (AvgIpc) is 3.14. The van der Waals surface area contributed by atoms with E-state index in [1.54, 1.807) is 25.1 Å². The van der Waals surface area contributed by atoms with Crippen molar-refractivity contribution >= 4 is 49.3 Å². The number of fused-ring (bicyclic) bond motifs is 2. The van der Waals surface area contributed by atoms with Crippen LogP contribution in [0.4, 0.5) is 4.39 Å². The number of dihydropyridines is 1. The van der Waals surface area contributed by atoms with E-state index in [9.17, 15) is 14.0 Å². The lowest BCUT2D eigenvalue weighted by Crippen LogP contribution is -2.29. The molecule has 0 unspecified atom stereocenters. The summed E-state index contributed by atoms with van der Waals surface area (Å²) in [7, 11) is 1.33. The lowest BCUT2D eigenvalue weighted by atomic mass is 9.80. The highest BCUT2D eigenvalue weighted by molar-refractivity contribution is 9.11. The van der Waals surface area contributed by atoms with Gasteiger partial charge in [-0.3, -0.25) is 4.79 Å². The second-order valence-corrected chi connectivity index (χ2v) is 10.2. The number of benzene rings is 3. The minimum Gasteiger partial charge on any atom is -0.487 e. The van der Waals surface area contributed by atoms with E-state index in [0.29, 0.717) is 42.8 Å². The highest BCUT2D eigenvalue weighted by Crippen LogP contribution is 2.48. The van der Waals surface area contributed by atoms with Crippen molar-refractivity contribution in [3.63, 3.8) is 0 Å². The molecule has 1 aliphatic carbocycles. The van der Waals surface area contributed by atoms with Gasteiger partial charge in [-0.1, -0.05) is 36.4 Å². The smallest absolute Gasteiger partial charge is 0.336 e. The van der Waals surface area contributed by atoms with Gasteiger partial charge >= 0.3 is 5.97 Å². The fourth-order valence-electron chi connectivity index (χ4n) is 4.66. The van der Waals surface area contributed by atoms with Crippen LogP contribution in [0.5, 0.6) is 5.75 Å². The monoisotopic (exact) mass is 611 g/mol. The van der Waals surface area contributed by atoms with Crippen LogP contribution in [0, 0.1) is 5.82 Å². The first-order chi connectivity index (χ1) is 17.3. The van der Waals surface area contributed by atoms with Gasteiger partial charge in [-0.2, -0.15) is 0 Å². The van der Waals surface area contributed by atoms with Crippen LogP contribution in [-0.2, 0) is 16.1 Å². The first-order valence-electron chi connectivity index (χ1n) is 11.1. The zero-order valence-corrected chi connectivity index (χ0v) is 22.5. The summed E-state index contributed by atoms with van der Waals surface area (Å²) in [6.45, 7) is 2.04. The van der Waals surface area contributed by atoms with Gasteiger partial charge in [0.2, 0.25) is 0 Å². The number of hydrogen-bond donors (Lipinski definition) is 1. The molecule has 0 bridgehead atoms. The number of methoxy groups -OCH3 is 1. The average molecular weight is 613 g/mol. The largest absolute Gasteiger partial charge is 0.487 e. The molecule has 3 aromatic rings. The highest BCUT2D eigenvalue weighted by atomic mass is 79.9. The summed E-state index contributed by atoms with van der Waals surface area (Å²) in [6, 6.07) is 17.2. The predicted molar refractivity (Wildman–Crippen MR) is 141 cm³/mol. The summed E-state index contributed by atoms with van der Waals surface area (Å²) in [5.41, 5.74) is 5.14. The quantitative estimate of drug-likeness (QED) is 0.326. The molecule has 8 heteroatoms. The third-order valence-corrected chi connectivity index (χ3v) is 7.48. The van der Waals surface area contributed by atoms with Gasteiger partial charge in [-0.25, -0.2) is 9.18 Å². The number of ketones is 1. The number of nitrogens with one attached hydrogen (secondary N) is 1. The number of Topliss-reactive ketones (excluding diaryl/α,β-unsaturated/α-hetero) is 1. The van der Waals surface area contributed by atoms with E-state index in [1.807, 2.05) is 30.3 Å². The van der Waals surface area contributed by atoms with Crippen LogP contribution < -0.4 is 10.1 Å². The maximum absolute atomic E-state index is 13.6. The van der Waals surface area contributed by atoms with Crippen LogP contribution in [0.1, 0.15) is 39.9 Å². The van der Waals surface area contributed by atoms with E-state index in [2.05, 4.69) is 37.2 Å². The number of carbonyl (C=O) groups is 2. The van der Waals surface area contributed by atoms with E-state index >= 15 is 0 Å². The van der Waals surface area contributed by atoms with Crippen LogP contribution in [0.2, 0.25) is 0 Å². The first kappa shape index (κ1) is 24.5. The van der Waals surface area contributed by atoms with Gasteiger partial charge in [0.05, 0.1) is 27.3 Å². The molecule has 0 fully saturated rings. The Bertz CT molecular complexity index is 1450. The Balaban J connectivity index is 1.57. The molecule has 1 atom stereocenters. The molecule has 3 aromatic carbocycles. The molecular formula is C28H20Br2FNO4. The number of rotatable bonds is 5. The topological polar surface area (TPSA) is 64.6 Å². The minimum absolute atomic E-state index is 0.129. The molecular weight excluding hydrogens is 593 g/mol. The Morgan fingerprint density at radius 1 is 1.03 bits per heavy atom. The van der Waals surface area contributed by atoms with Crippen LogP contribution in [0.3, 0.4) is 0 Å². The minimum atomic E-state index is -0.646. The number of hydrogen-bond acceptors (Lipinski definition) is 5. The lowest BCUT2D eigenvalue weighted by molar-refractivity contribution is -0.136. The van der Waals surface area contributed by atoms with Gasteiger partial charge < -0.3 is 14.8 Å². The van der Waals surface area contributed by atoms with Crippen molar-refractivity contribution in [2.45, 2.75) is 19.4 Å². The molecule has 0 saturated carbocycles. The Morgan fingerprint density at radius 2 is 1.67 bits per heavy atom. The summed E-state index contributed by atoms with van der Waals surface area (Å²) in [5, 5.41) is 3.28. The molecule has 0 radical (unpaired) electrons. The number of esters is 1. The number of ether oxygens (including phenoxy) is 2. The molecule has 1 heterocycles. The van der Waals surface area contributed by atoms with Crippen molar-refractivity contribution in [1.29, 1.82) is 0 Å². The van der Waals surface area contributed by atoms with Crippen molar-refractivity contribution in [2.75, 3.05) is 7.11 Å². The molecule has 0 saturated heterocycles. The predicted octanol–water partition coefficient (Wildman–Crippen LogP) is 6.67. The molecule has 0 spiro atoms. The van der Waals surface area contributed by atoms with Crippen molar-refractivity contribution in [3.8, 4) is 5.75 Å². The van der Waals surface area contributed by atoms with Gasteiger partial charge in [0.15, 0.2) is 5.78 Å². The van der Waals surface area contributed by atoms with Gasteiger partial charge in [0, 0.05) is 28.3 Å². The molecule has 0 aromatic heterocycles. The number of allylic oxidation sites excluding steroid dienone is 2. The molecule has 36 heavy (non-hydrogen) atoms. The normalized spacial score (nSPS) is 16.5. The Labute approximate surface area is 224 Å². The molecule has 5 rings (SSSR count). The molecule has 2 aliphatic rings. The van der Waals surface area contributed by atoms with E-state index in [4.69, 9.17) is 9.47 Å². The lowest BCUT2D eigenvalue weighted by Gasteiger charge is -2.29. The van der Waals surface area contributed by atoms with Gasteiger partial charge in [-0.05, 0) is 74.2 Å². The Hall–Kier alpha value is -3.23. The van der Waals surface area contributed by atoms with Crippen molar-refractivity contribution in [1.82, 2.24) is 5.32 Å². The first-order valence-corrected chi connectivity index (χ1v) is 12.7. The molecule has 0 amide bonds. The van der Waals surface area contributed by atoms with E-state index in [0.717, 1.165) is 16.7 Å². The van der Waals surface area contributed by atoms with Crippen molar-refractivity contribution < 1.29 is 23.5 Å². The summed E-state index contributed by atoms with van der Waals surface area (Å²) >= 11 is 7.18. The third-order valence-electron chi connectivity index (χ3n) is 6.30. The molecule has 1 aliphatic heterocycles. The van der Waals surface area contributed by atoms with E-state index in [1.165, 1.54) is 19.2 Å². The summed E-state index contributed by atoms with van der Waals surface area (Å²) in [4.78, 5) is 26.5. The fourth-order valence-corrected chi connectivity index (χ4v) is 6.11. The molecule has 1 N–H and O–H groups in total. The standard InChI is InChI=1S/C28H20Br2FNO4/c1-14-22(28(34)35-2)23(24-25(32-14)18-5-3-4-6-19(18)26(24)33)16-11-20(29)27(21(30)12-16)36-13-15-7-9-17(31)10-8-15/h3-12,23,32H,13H2,1-2H3/t23-/m1/s1. The highest BCUT2D eigenvalue weighted by Gasteiger charge is 2.43. The van der Waals surface area contributed by atoms with Crippen molar-refractivity contribution in [3.05, 3.63) is 115 Å². The summed E-state index contributed by atoms with van der Waals surface area (Å²) in [5.74, 6) is -1.05. The zero-order chi connectivity index (χ0) is 25.6. The SMILES string of the molecule is COC(=O)C1=C(C)NC2=C(C(=O)c3ccccc32)[C@@H]1c1cc(Br)c(OCc2ccc(F)cc2)c(Br)c1. The fraction of sp³-hybridized carbons (Fsp3) is 0.143. The number of carbonyl (C=O) groups excluding carboxylic acids is 2. The summed E-state index contributed by atoms with van der Waals surface area (Å²) in [6.07, 6.45) is 0. The molecule has 182 valence electrons. The van der Waals surface area contributed by atoms with Crippen molar-refractivity contribution in [2.24, 2.45) is 0 Å². The molecule has 5 nitrogen and oxygen atoms in total. The van der Waals surface area contributed by atoms with Gasteiger partial charge in [-0.15, -0.1) is 0 Å². The second-order valence-electron chi connectivity index (χ2n) is 8.48. The zero-order valence-electron chi connectivity index (χ0n) is 19.3. The Kier molecular flexibility index (Phi) is 6.57. The Morgan fingerprint density at radius 3 is 2.31 bits per heavy atom.